The lowest BCUT2D eigenvalue weighted by molar-refractivity contribution is 0.0693. The second kappa shape index (κ2) is 10.7. The number of carbonyl (C=O) groups excluding carboxylic acids is 2. The smallest absolute Gasteiger partial charge is 0.410 e. The summed E-state index contributed by atoms with van der Waals surface area (Å²) in [5.74, 6) is -1.24. The molecular weight excluding hydrogens is 450 g/mol. The molecule has 3 aromatic rings. The molecule has 2 heterocycles. The third kappa shape index (κ3) is 5.54. The Balaban J connectivity index is 1.46. The summed E-state index contributed by atoms with van der Waals surface area (Å²) in [6, 6.07) is 16.8. The number of carboxylic acid groups (broad SMARTS) is 1. The number of aromatic carboxylic acids is 1. The molecule has 1 N–H and O–H groups in total. The van der Waals surface area contributed by atoms with Crippen LogP contribution in [0.5, 0.6) is 0 Å². The van der Waals surface area contributed by atoms with E-state index < -0.39 is 12.1 Å². The molecule has 1 unspecified atom stereocenters. The number of aryl methyl sites for hydroxylation is 1. The Hall–Kier alpha value is -3.45. The lowest BCUT2D eigenvalue weighted by Gasteiger charge is -2.32. The zero-order valence-electron chi connectivity index (χ0n) is 19.0. The van der Waals surface area contributed by atoms with Gasteiger partial charge in [-0.3, -0.25) is 4.79 Å². The van der Waals surface area contributed by atoms with Crippen LogP contribution in [0.25, 0.3) is 0 Å². The number of ether oxygens (including phenoxy) is 1. The Kier molecular flexibility index (Phi) is 7.43. The van der Waals surface area contributed by atoms with Crippen molar-refractivity contribution in [2.75, 3.05) is 13.1 Å². The highest BCUT2D eigenvalue weighted by Gasteiger charge is 2.31. The van der Waals surface area contributed by atoms with E-state index in [2.05, 4.69) is 0 Å². The van der Waals surface area contributed by atoms with Crippen molar-refractivity contribution in [1.82, 2.24) is 4.90 Å². The fourth-order valence-corrected chi connectivity index (χ4v) is 5.54. The van der Waals surface area contributed by atoms with Crippen molar-refractivity contribution in [2.24, 2.45) is 0 Å². The molecule has 1 saturated heterocycles. The van der Waals surface area contributed by atoms with E-state index in [4.69, 9.17) is 4.74 Å². The average molecular weight is 478 g/mol. The Morgan fingerprint density at radius 3 is 2.65 bits per heavy atom. The van der Waals surface area contributed by atoms with Gasteiger partial charge in [-0.05, 0) is 42.3 Å². The van der Waals surface area contributed by atoms with Crippen LogP contribution in [0.1, 0.15) is 61.0 Å². The summed E-state index contributed by atoms with van der Waals surface area (Å²) in [5, 5.41) is 11.7. The largest absolute Gasteiger partial charge is 0.478 e. The lowest BCUT2D eigenvalue weighted by Crippen LogP contribution is -2.39. The molecule has 1 aromatic heterocycles. The van der Waals surface area contributed by atoms with Crippen LogP contribution >= 0.6 is 11.3 Å². The van der Waals surface area contributed by atoms with Crippen LogP contribution in [-0.2, 0) is 17.8 Å². The number of carboxylic acids is 1. The van der Waals surface area contributed by atoms with E-state index >= 15 is 0 Å². The van der Waals surface area contributed by atoms with Crippen molar-refractivity contribution in [2.45, 2.75) is 38.7 Å². The number of hydrogen-bond acceptors (Lipinski definition) is 5. The van der Waals surface area contributed by atoms with E-state index in [0.717, 1.165) is 28.8 Å². The molecule has 0 spiro atoms. The first-order chi connectivity index (χ1) is 16.4. The summed E-state index contributed by atoms with van der Waals surface area (Å²) in [6.07, 6.45) is 1.20. The van der Waals surface area contributed by atoms with E-state index in [1.807, 2.05) is 55.5 Å². The Labute approximate surface area is 202 Å². The van der Waals surface area contributed by atoms with Gasteiger partial charge in [0.1, 0.15) is 6.61 Å². The van der Waals surface area contributed by atoms with Crippen LogP contribution in [0, 0.1) is 6.92 Å². The monoisotopic (exact) mass is 477 g/mol. The van der Waals surface area contributed by atoms with Gasteiger partial charge < -0.3 is 14.7 Å². The molecule has 6 nitrogen and oxygen atoms in total. The highest BCUT2D eigenvalue weighted by atomic mass is 32.1. The fraction of sp³-hybridized carbons (Fsp3) is 0.296. The van der Waals surface area contributed by atoms with Gasteiger partial charge in [0.2, 0.25) is 0 Å². The van der Waals surface area contributed by atoms with Crippen LogP contribution in [0.15, 0.2) is 60.0 Å². The van der Waals surface area contributed by atoms with Crippen molar-refractivity contribution >= 4 is 29.2 Å². The van der Waals surface area contributed by atoms with E-state index in [1.54, 1.807) is 16.3 Å². The molecule has 7 heteroatoms. The van der Waals surface area contributed by atoms with E-state index in [0.29, 0.717) is 24.2 Å². The molecule has 34 heavy (non-hydrogen) atoms. The third-order valence-corrected chi connectivity index (χ3v) is 7.25. The van der Waals surface area contributed by atoms with Crippen LogP contribution in [0.4, 0.5) is 4.79 Å². The molecule has 0 bridgehead atoms. The van der Waals surface area contributed by atoms with Crippen LogP contribution < -0.4 is 0 Å². The van der Waals surface area contributed by atoms with Gasteiger partial charge in [-0.25, -0.2) is 9.59 Å². The summed E-state index contributed by atoms with van der Waals surface area (Å²) in [7, 11) is 0. The van der Waals surface area contributed by atoms with Crippen LogP contribution in [0.3, 0.4) is 0 Å². The summed E-state index contributed by atoms with van der Waals surface area (Å²) >= 11 is 1.36. The van der Waals surface area contributed by atoms with Gasteiger partial charge in [0, 0.05) is 35.9 Å². The van der Waals surface area contributed by atoms with Crippen molar-refractivity contribution in [3.63, 3.8) is 0 Å². The average Bonchev–Trinajstić information content (AvgIpc) is 3.27. The Morgan fingerprint density at radius 1 is 1.12 bits per heavy atom. The molecule has 2 aromatic carbocycles. The number of amides is 1. The van der Waals surface area contributed by atoms with Crippen LogP contribution in [0.2, 0.25) is 0 Å². The number of nitrogens with zero attached hydrogens (tertiary/aromatic N) is 1. The predicted octanol–water partition coefficient (Wildman–Crippen LogP) is 5.70. The topological polar surface area (TPSA) is 83.9 Å². The quantitative estimate of drug-likeness (QED) is 0.442. The first kappa shape index (κ1) is 23.7. The molecule has 4 rings (SSSR count). The number of benzene rings is 2. The first-order valence-corrected chi connectivity index (χ1v) is 12.2. The molecule has 0 saturated carbocycles. The van der Waals surface area contributed by atoms with E-state index in [9.17, 15) is 19.5 Å². The zero-order chi connectivity index (χ0) is 24.1. The van der Waals surface area contributed by atoms with Crippen molar-refractivity contribution in [3.8, 4) is 0 Å². The Morgan fingerprint density at radius 2 is 1.91 bits per heavy atom. The van der Waals surface area contributed by atoms with Crippen LogP contribution in [-0.4, -0.2) is 40.9 Å². The molecular formula is C27H27NO5S. The van der Waals surface area contributed by atoms with Crippen molar-refractivity contribution < 1.29 is 24.2 Å². The number of hydrogen-bond donors (Lipinski definition) is 1. The predicted molar refractivity (Wildman–Crippen MR) is 131 cm³/mol. The maximum absolute atomic E-state index is 12.8. The number of carbonyl (C=O) groups is 3. The Bertz CT molecular complexity index is 1190. The number of ketones is 1. The molecule has 1 fully saturated rings. The summed E-state index contributed by atoms with van der Waals surface area (Å²) in [6.45, 7) is 3.10. The standard InChI is InChI=1S/C27H27NO5S/c1-18-7-5-10-20(13-18)23(29)14-22-17-34-25(24(22)26(30)31)21-11-6-12-28(15-21)27(32)33-16-19-8-3-2-4-9-19/h2-5,7-10,13,17,21H,6,11-12,14-16H2,1H3,(H,30,31). The second-order valence-corrected chi connectivity index (χ2v) is 9.51. The molecule has 176 valence electrons. The maximum Gasteiger partial charge on any atom is 0.410 e. The second-order valence-electron chi connectivity index (χ2n) is 8.60. The molecule has 1 atom stereocenters. The number of thiophene rings is 1. The minimum absolute atomic E-state index is 0.0388. The summed E-state index contributed by atoms with van der Waals surface area (Å²) < 4.78 is 5.48. The van der Waals surface area contributed by atoms with Gasteiger partial charge in [0.05, 0.1) is 5.56 Å². The maximum atomic E-state index is 12.8. The van der Waals surface area contributed by atoms with Crippen molar-refractivity contribution in [3.05, 3.63) is 92.7 Å². The van der Waals surface area contributed by atoms with Crippen molar-refractivity contribution in [1.29, 1.82) is 0 Å². The number of likely N-dealkylation sites (tertiary alicyclic amines) is 1. The summed E-state index contributed by atoms with van der Waals surface area (Å²) in [4.78, 5) is 40.0. The van der Waals surface area contributed by atoms with Gasteiger partial charge in [0.15, 0.2) is 5.78 Å². The fourth-order valence-electron chi connectivity index (χ4n) is 4.34. The highest BCUT2D eigenvalue weighted by Crippen LogP contribution is 2.36. The molecule has 0 radical (unpaired) electrons. The number of piperidine rings is 1. The van der Waals surface area contributed by atoms with E-state index in [1.165, 1.54) is 11.3 Å². The van der Waals surface area contributed by atoms with Gasteiger partial charge in [-0.1, -0.05) is 54.1 Å². The molecule has 0 aliphatic carbocycles. The normalized spacial score (nSPS) is 15.7. The number of Topliss-reactive ketones (excluding diaryl/α,β-unsaturated/α-hetero) is 1. The molecule has 1 aliphatic rings. The summed E-state index contributed by atoms with van der Waals surface area (Å²) in [5.41, 5.74) is 3.21. The van der Waals surface area contributed by atoms with Gasteiger partial charge in [-0.2, -0.15) is 0 Å². The minimum atomic E-state index is -1.04. The lowest BCUT2D eigenvalue weighted by atomic mass is 9.92. The van der Waals surface area contributed by atoms with E-state index in [-0.39, 0.29) is 30.3 Å². The first-order valence-electron chi connectivity index (χ1n) is 11.3. The highest BCUT2D eigenvalue weighted by molar-refractivity contribution is 7.10. The third-order valence-electron chi connectivity index (χ3n) is 6.06. The molecule has 1 amide bonds. The van der Waals surface area contributed by atoms with Gasteiger partial charge in [-0.15, -0.1) is 11.3 Å². The molecule has 1 aliphatic heterocycles. The zero-order valence-corrected chi connectivity index (χ0v) is 19.8. The van der Waals surface area contributed by atoms with Gasteiger partial charge in [0.25, 0.3) is 0 Å². The van der Waals surface area contributed by atoms with Gasteiger partial charge >= 0.3 is 12.1 Å². The minimum Gasteiger partial charge on any atom is -0.478 e. The number of rotatable bonds is 7. The SMILES string of the molecule is Cc1cccc(C(=O)Cc2csc(C3CCCN(C(=O)OCc4ccccc4)C3)c2C(=O)O)c1.